The first-order valence-electron chi connectivity index (χ1n) is 8.71. The maximum atomic E-state index is 12.5. The van der Waals surface area contributed by atoms with Gasteiger partial charge in [-0.05, 0) is 30.2 Å². The maximum Gasteiger partial charge on any atom is 0.253 e. The lowest BCUT2D eigenvalue weighted by molar-refractivity contribution is -0.129. The Morgan fingerprint density at radius 1 is 0.923 bits per heavy atom. The Bertz CT molecular complexity index is 714. The molecule has 0 aliphatic rings. The molecular formula is C21H26N2O3. The molecule has 5 heteroatoms. The van der Waals surface area contributed by atoms with Crippen LogP contribution in [0.4, 0.5) is 5.69 Å². The third kappa shape index (κ3) is 5.43. The maximum absolute atomic E-state index is 12.5. The first kappa shape index (κ1) is 19.7. The highest BCUT2D eigenvalue weighted by molar-refractivity contribution is 5.94. The Morgan fingerprint density at radius 3 is 2.15 bits per heavy atom. The van der Waals surface area contributed by atoms with Gasteiger partial charge in [0.1, 0.15) is 6.61 Å². The van der Waals surface area contributed by atoms with Crippen LogP contribution in [0, 0.1) is 0 Å². The molecule has 2 aromatic rings. The summed E-state index contributed by atoms with van der Waals surface area (Å²) in [7, 11) is 3.30. The molecule has 0 unspecified atom stereocenters. The molecule has 0 bridgehead atoms. The first-order chi connectivity index (χ1) is 12.5. The van der Waals surface area contributed by atoms with Gasteiger partial charge in [0.25, 0.3) is 5.91 Å². The largest absolute Gasteiger partial charge is 0.375 e. The topological polar surface area (TPSA) is 49.9 Å². The van der Waals surface area contributed by atoms with Crippen molar-refractivity contribution in [3.63, 3.8) is 0 Å². The zero-order chi connectivity index (χ0) is 18.9. The van der Waals surface area contributed by atoms with Gasteiger partial charge in [0.05, 0.1) is 13.0 Å². The van der Waals surface area contributed by atoms with Crippen LogP contribution in [-0.2, 0) is 27.3 Å². The van der Waals surface area contributed by atoms with Gasteiger partial charge in [-0.25, -0.2) is 0 Å². The molecule has 2 aromatic carbocycles. The molecule has 0 radical (unpaired) electrons. The smallest absolute Gasteiger partial charge is 0.253 e. The van der Waals surface area contributed by atoms with Gasteiger partial charge in [-0.3, -0.25) is 9.59 Å². The Hall–Kier alpha value is -2.66. The lowest BCUT2D eigenvalue weighted by atomic mass is 10.1. The fourth-order valence-electron chi connectivity index (χ4n) is 2.57. The number of nitrogens with zero attached hydrogens (tertiary/aromatic N) is 2. The van der Waals surface area contributed by atoms with E-state index in [0.717, 1.165) is 16.8 Å². The number of amides is 2. The summed E-state index contributed by atoms with van der Waals surface area (Å²) in [5, 5.41) is 0. The lowest BCUT2D eigenvalue weighted by Gasteiger charge is -2.23. The Morgan fingerprint density at radius 2 is 1.58 bits per heavy atom. The molecule has 0 aromatic heterocycles. The van der Waals surface area contributed by atoms with E-state index < -0.39 is 0 Å². The van der Waals surface area contributed by atoms with Crippen LogP contribution in [-0.4, -0.2) is 44.0 Å². The number of benzene rings is 2. The van der Waals surface area contributed by atoms with Crippen LogP contribution in [0.5, 0.6) is 0 Å². The molecule has 138 valence electrons. The second kappa shape index (κ2) is 9.73. The summed E-state index contributed by atoms with van der Waals surface area (Å²) in [5.74, 6) is -0.0252. The minimum atomic E-state index is -0.106. The van der Waals surface area contributed by atoms with Crippen molar-refractivity contribution in [1.82, 2.24) is 4.90 Å². The second-order valence-corrected chi connectivity index (χ2v) is 6.15. The summed E-state index contributed by atoms with van der Waals surface area (Å²) >= 11 is 0. The highest BCUT2D eigenvalue weighted by Crippen LogP contribution is 2.19. The normalized spacial score (nSPS) is 10.4. The van der Waals surface area contributed by atoms with E-state index in [1.807, 2.05) is 61.5 Å². The predicted molar refractivity (Wildman–Crippen MR) is 103 cm³/mol. The standard InChI is InChI=1S/C21H26N2O3/c1-4-22(2)20(24)14-17-10-12-19(13-11-17)23(21(25)16-26-3)15-18-8-6-5-7-9-18/h5-13H,4,14-16H2,1-3H3. The van der Waals surface area contributed by atoms with E-state index in [0.29, 0.717) is 19.5 Å². The molecule has 0 aliphatic heterocycles. The second-order valence-electron chi connectivity index (χ2n) is 6.15. The minimum absolute atomic E-state index is 0.0222. The van der Waals surface area contributed by atoms with Crippen LogP contribution < -0.4 is 4.90 Å². The van der Waals surface area contributed by atoms with Gasteiger partial charge in [0.15, 0.2) is 0 Å². The van der Waals surface area contributed by atoms with Crippen LogP contribution in [0.15, 0.2) is 54.6 Å². The van der Waals surface area contributed by atoms with Crippen molar-refractivity contribution in [1.29, 1.82) is 0 Å². The summed E-state index contributed by atoms with van der Waals surface area (Å²) in [6, 6.07) is 17.4. The first-order valence-corrected chi connectivity index (χ1v) is 8.71. The predicted octanol–water partition coefficient (Wildman–Crippen LogP) is 2.89. The van der Waals surface area contributed by atoms with E-state index in [2.05, 4.69) is 0 Å². The number of carbonyl (C=O) groups excluding carboxylic acids is 2. The zero-order valence-corrected chi connectivity index (χ0v) is 15.6. The van der Waals surface area contributed by atoms with Gasteiger partial charge >= 0.3 is 0 Å². The highest BCUT2D eigenvalue weighted by atomic mass is 16.5. The number of rotatable bonds is 8. The summed E-state index contributed by atoms with van der Waals surface area (Å²) in [6.45, 7) is 3.13. The van der Waals surface area contributed by atoms with E-state index in [1.54, 1.807) is 16.8 Å². The van der Waals surface area contributed by atoms with E-state index in [4.69, 9.17) is 4.74 Å². The molecule has 0 N–H and O–H groups in total. The summed E-state index contributed by atoms with van der Waals surface area (Å²) in [6.07, 6.45) is 0.356. The van der Waals surface area contributed by atoms with E-state index in [9.17, 15) is 9.59 Å². The molecule has 0 fully saturated rings. The number of hydrogen-bond donors (Lipinski definition) is 0. The van der Waals surface area contributed by atoms with E-state index in [1.165, 1.54) is 7.11 Å². The van der Waals surface area contributed by atoms with Crippen LogP contribution in [0.25, 0.3) is 0 Å². The average Bonchev–Trinajstić information content (AvgIpc) is 2.67. The van der Waals surface area contributed by atoms with E-state index >= 15 is 0 Å². The summed E-state index contributed by atoms with van der Waals surface area (Å²) < 4.78 is 5.02. The fourth-order valence-corrected chi connectivity index (χ4v) is 2.57. The minimum Gasteiger partial charge on any atom is -0.375 e. The molecule has 0 saturated carbocycles. The van der Waals surface area contributed by atoms with Gasteiger partial charge in [-0.2, -0.15) is 0 Å². The van der Waals surface area contributed by atoms with Gasteiger partial charge in [0, 0.05) is 26.4 Å². The molecule has 2 rings (SSSR count). The Kier molecular flexibility index (Phi) is 7.36. The van der Waals surface area contributed by atoms with Crippen LogP contribution in [0.2, 0.25) is 0 Å². The van der Waals surface area contributed by atoms with Crippen LogP contribution >= 0.6 is 0 Å². The average molecular weight is 354 g/mol. The molecule has 0 heterocycles. The summed E-state index contributed by atoms with van der Waals surface area (Å²) in [5.41, 5.74) is 2.76. The van der Waals surface area contributed by atoms with Gasteiger partial charge in [-0.15, -0.1) is 0 Å². The number of methoxy groups -OCH3 is 1. The van der Waals surface area contributed by atoms with Crippen LogP contribution in [0.1, 0.15) is 18.1 Å². The van der Waals surface area contributed by atoms with Crippen molar-refractivity contribution in [2.75, 3.05) is 32.2 Å². The molecule has 0 saturated heterocycles. The van der Waals surface area contributed by atoms with Crippen molar-refractivity contribution in [3.8, 4) is 0 Å². The number of likely N-dealkylation sites (N-methyl/N-ethyl adjacent to an activating group) is 1. The third-order valence-corrected chi connectivity index (χ3v) is 4.26. The quantitative estimate of drug-likeness (QED) is 0.732. The summed E-state index contributed by atoms with van der Waals surface area (Å²) in [4.78, 5) is 27.9. The van der Waals surface area contributed by atoms with Crippen molar-refractivity contribution < 1.29 is 14.3 Å². The fraction of sp³-hybridized carbons (Fsp3) is 0.333. The monoisotopic (exact) mass is 354 g/mol. The molecule has 5 nitrogen and oxygen atoms in total. The number of hydrogen-bond acceptors (Lipinski definition) is 3. The number of ether oxygens (including phenoxy) is 1. The van der Waals surface area contributed by atoms with Gasteiger partial charge in [-0.1, -0.05) is 42.5 Å². The van der Waals surface area contributed by atoms with Crippen LogP contribution in [0.3, 0.4) is 0 Å². The molecule has 0 spiro atoms. The van der Waals surface area contributed by atoms with Crippen molar-refractivity contribution in [2.24, 2.45) is 0 Å². The van der Waals surface area contributed by atoms with Crippen molar-refractivity contribution >= 4 is 17.5 Å². The molecule has 26 heavy (non-hydrogen) atoms. The molecule has 2 amide bonds. The number of anilines is 1. The van der Waals surface area contributed by atoms with Crippen molar-refractivity contribution in [3.05, 3.63) is 65.7 Å². The van der Waals surface area contributed by atoms with Crippen molar-refractivity contribution in [2.45, 2.75) is 19.9 Å². The Labute approximate surface area is 155 Å². The Balaban J connectivity index is 2.16. The zero-order valence-electron chi connectivity index (χ0n) is 15.6. The number of carbonyl (C=O) groups is 2. The van der Waals surface area contributed by atoms with Gasteiger partial charge < -0.3 is 14.5 Å². The SMILES string of the molecule is CCN(C)C(=O)Cc1ccc(N(Cc2ccccc2)C(=O)COC)cc1. The van der Waals surface area contributed by atoms with E-state index in [-0.39, 0.29) is 18.4 Å². The third-order valence-electron chi connectivity index (χ3n) is 4.26. The molecule has 0 aliphatic carbocycles. The lowest BCUT2D eigenvalue weighted by Crippen LogP contribution is -2.33. The molecular weight excluding hydrogens is 328 g/mol. The van der Waals surface area contributed by atoms with Gasteiger partial charge in [0.2, 0.25) is 5.91 Å². The highest BCUT2D eigenvalue weighted by Gasteiger charge is 2.16. The molecule has 0 atom stereocenters.